The van der Waals surface area contributed by atoms with Crippen molar-refractivity contribution in [2.45, 2.75) is 33.1 Å². The molecule has 1 N–H and O–H groups in total. The van der Waals surface area contributed by atoms with Crippen LogP contribution in [0.3, 0.4) is 0 Å². The Hall–Kier alpha value is -2.29. The first-order valence-corrected chi connectivity index (χ1v) is 7.85. The zero-order valence-electron chi connectivity index (χ0n) is 13.2. The molecule has 0 aliphatic carbocycles. The van der Waals surface area contributed by atoms with Crippen LogP contribution in [0.2, 0.25) is 0 Å². The third-order valence-electron chi connectivity index (χ3n) is 3.78. The molecule has 114 valence electrons. The van der Waals surface area contributed by atoms with E-state index in [1.165, 1.54) is 11.1 Å². The van der Waals surface area contributed by atoms with Crippen molar-refractivity contribution in [1.29, 1.82) is 0 Å². The Morgan fingerprint density at radius 1 is 1.05 bits per heavy atom. The number of fused-ring (bicyclic) bond motifs is 1. The third kappa shape index (κ3) is 3.67. The number of H-pyrrole nitrogens is 1. The number of hydrogen-bond donors (Lipinski definition) is 1. The quantitative estimate of drug-likeness (QED) is 0.676. The molecule has 22 heavy (non-hydrogen) atoms. The average molecular weight is 294 g/mol. The second kappa shape index (κ2) is 6.65. The van der Waals surface area contributed by atoms with E-state index in [1.54, 1.807) is 0 Å². The number of aromatic amines is 1. The lowest BCUT2D eigenvalue weighted by Gasteiger charge is -2.07. The van der Waals surface area contributed by atoms with Crippen molar-refractivity contribution in [2.75, 3.05) is 6.61 Å². The van der Waals surface area contributed by atoms with E-state index in [4.69, 9.17) is 4.74 Å². The summed E-state index contributed by atoms with van der Waals surface area (Å²) in [5, 5.41) is 0. The third-order valence-corrected chi connectivity index (χ3v) is 3.78. The first-order valence-electron chi connectivity index (χ1n) is 7.85. The van der Waals surface area contributed by atoms with Gasteiger partial charge in [0.15, 0.2) is 0 Å². The molecule has 3 heteroatoms. The largest absolute Gasteiger partial charge is 0.494 e. The Morgan fingerprint density at radius 3 is 2.82 bits per heavy atom. The Kier molecular flexibility index (Phi) is 4.42. The van der Waals surface area contributed by atoms with Gasteiger partial charge in [0.25, 0.3) is 0 Å². The number of benzene rings is 2. The van der Waals surface area contributed by atoms with Gasteiger partial charge in [-0.3, -0.25) is 0 Å². The molecule has 1 aromatic heterocycles. The Bertz CT molecular complexity index is 761. The molecular formula is C19H22N2O. The molecule has 3 rings (SSSR count). The van der Waals surface area contributed by atoms with Gasteiger partial charge in [0, 0.05) is 0 Å². The monoisotopic (exact) mass is 294 g/mol. The van der Waals surface area contributed by atoms with Gasteiger partial charge in [-0.1, -0.05) is 18.2 Å². The number of aromatic nitrogens is 2. The Morgan fingerprint density at radius 2 is 1.95 bits per heavy atom. The van der Waals surface area contributed by atoms with E-state index in [1.807, 2.05) is 19.1 Å². The van der Waals surface area contributed by atoms with E-state index in [2.05, 4.69) is 47.2 Å². The molecule has 1 heterocycles. The molecule has 3 nitrogen and oxygen atoms in total. The Labute approximate surface area is 131 Å². The summed E-state index contributed by atoms with van der Waals surface area (Å²) in [5.74, 6) is 1.94. The molecule has 0 aliphatic heterocycles. The van der Waals surface area contributed by atoms with E-state index in [-0.39, 0.29) is 0 Å². The fourth-order valence-electron chi connectivity index (χ4n) is 2.67. The van der Waals surface area contributed by atoms with Gasteiger partial charge in [-0.05, 0) is 68.5 Å². The highest BCUT2D eigenvalue weighted by atomic mass is 16.5. The van der Waals surface area contributed by atoms with Gasteiger partial charge in [-0.25, -0.2) is 4.98 Å². The number of nitrogens with zero attached hydrogens (tertiary/aromatic N) is 1. The molecule has 3 aromatic rings. The van der Waals surface area contributed by atoms with Crippen LogP contribution in [0.5, 0.6) is 5.75 Å². The normalized spacial score (nSPS) is 11.0. The van der Waals surface area contributed by atoms with Gasteiger partial charge in [0.05, 0.1) is 17.6 Å². The van der Waals surface area contributed by atoms with Crippen LogP contribution >= 0.6 is 0 Å². The van der Waals surface area contributed by atoms with E-state index >= 15 is 0 Å². The lowest BCUT2D eigenvalue weighted by Crippen LogP contribution is -1.98. The van der Waals surface area contributed by atoms with Crippen LogP contribution in [-0.4, -0.2) is 16.6 Å². The van der Waals surface area contributed by atoms with Crippen molar-refractivity contribution in [3.63, 3.8) is 0 Å². The molecule has 0 fully saturated rings. The number of nitrogens with one attached hydrogen (secondary N) is 1. The summed E-state index contributed by atoms with van der Waals surface area (Å²) in [6, 6.07) is 14.7. The zero-order chi connectivity index (χ0) is 15.4. The van der Waals surface area contributed by atoms with Crippen LogP contribution in [0.1, 0.15) is 29.8 Å². The maximum atomic E-state index is 5.78. The van der Waals surface area contributed by atoms with Crippen molar-refractivity contribution in [3.8, 4) is 5.75 Å². The first-order chi connectivity index (χ1) is 10.7. The van der Waals surface area contributed by atoms with E-state index < -0.39 is 0 Å². The van der Waals surface area contributed by atoms with Gasteiger partial charge >= 0.3 is 0 Å². The van der Waals surface area contributed by atoms with Crippen LogP contribution < -0.4 is 4.74 Å². The molecule has 0 spiro atoms. The highest BCUT2D eigenvalue weighted by Crippen LogP contribution is 2.16. The van der Waals surface area contributed by atoms with Crippen molar-refractivity contribution < 1.29 is 4.74 Å². The van der Waals surface area contributed by atoms with Crippen LogP contribution in [0.15, 0.2) is 42.5 Å². The number of ether oxygens (including phenoxy) is 1. The lowest BCUT2D eigenvalue weighted by molar-refractivity contribution is 0.307. The molecule has 0 saturated carbocycles. The van der Waals surface area contributed by atoms with E-state index in [0.29, 0.717) is 0 Å². The van der Waals surface area contributed by atoms with Crippen molar-refractivity contribution >= 4 is 11.0 Å². The minimum atomic E-state index is 0.773. The minimum Gasteiger partial charge on any atom is -0.494 e. The summed E-state index contributed by atoms with van der Waals surface area (Å²) >= 11 is 0. The molecule has 0 amide bonds. The summed E-state index contributed by atoms with van der Waals surface area (Å²) in [7, 11) is 0. The lowest BCUT2D eigenvalue weighted by atomic mass is 10.1. The molecular weight excluding hydrogens is 272 g/mol. The summed E-state index contributed by atoms with van der Waals surface area (Å²) in [4.78, 5) is 7.72. The maximum absolute atomic E-state index is 5.78. The van der Waals surface area contributed by atoms with Crippen LogP contribution in [0.4, 0.5) is 0 Å². The predicted molar refractivity (Wildman–Crippen MR) is 90.4 cm³/mol. The second-order valence-electron chi connectivity index (χ2n) is 5.80. The second-order valence-corrected chi connectivity index (χ2v) is 5.80. The van der Waals surface area contributed by atoms with Crippen LogP contribution in [0, 0.1) is 13.8 Å². The van der Waals surface area contributed by atoms with Crippen molar-refractivity contribution in [3.05, 3.63) is 59.4 Å². The SMILES string of the molecule is Cc1cccc(OCCCCc2ccc3nc(C)[nH]c3c2)c1. The predicted octanol–water partition coefficient (Wildman–Crippen LogP) is 4.58. The number of hydrogen-bond acceptors (Lipinski definition) is 2. The standard InChI is InChI=1S/C19H22N2O/c1-14-6-5-8-17(12-14)22-11-4-3-7-16-9-10-18-19(13-16)21-15(2)20-18/h5-6,8-10,12-13H,3-4,7,11H2,1-2H3,(H,20,21). The smallest absolute Gasteiger partial charge is 0.119 e. The number of imidazole rings is 1. The van der Waals surface area contributed by atoms with Crippen molar-refractivity contribution in [1.82, 2.24) is 9.97 Å². The molecule has 0 bridgehead atoms. The van der Waals surface area contributed by atoms with Gasteiger partial charge in [0.2, 0.25) is 0 Å². The summed E-state index contributed by atoms with van der Waals surface area (Å²) in [6.45, 7) is 4.84. The first kappa shape index (κ1) is 14.6. The van der Waals surface area contributed by atoms with Crippen LogP contribution in [-0.2, 0) is 6.42 Å². The van der Waals surface area contributed by atoms with Crippen molar-refractivity contribution in [2.24, 2.45) is 0 Å². The summed E-state index contributed by atoms with van der Waals surface area (Å²) < 4.78 is 5.78. The van der Waals surface area contributed by atoms with Gasteiger partial charge in [-0.2, -0.15) is 0 Å². The van der Waals surface area contributed by atoms with Gasteiger partial charge in [0.1, 0.15) is 11.6 Å². The number of aryl methyl sites for hydroxylation is 3. The van der Waals surface area contributed by atoms with E-state index in [0.717, 1.165) is 48.5 Å². The zero-order valence-corrected chi connectivity index (χ0v) is 13.2. The van der Waals surface area contributed by atoms with Gasteiger partial charge < -0.3 is 9.72 Å². The average Bonchev–Trinajstić information content (AvgIpc) is 2.86. The molecule has 0 radical (unpaired) electrons. The van der Waals surface area contributed by atoms with E-state index in [9.17, 15) is 0 Å². The topological polar surface area (TPSA) is 37.9 Å². The molecule has 0 aliphatic rings. The highest BCUT2D eigenvalue weighted by Gasteiger charge is 2.01. The maximum Gasteiger partial charge on any atom is 0.119 e. The summed E-state index contributed by atoms with van der Waals surface area (Å²) in [5.41, 5.74) is 4.77. The van der Waals surface area contributed by atoms with Crippen LogP contribution in [0.25, 0.3) is 11.0 Å². The Balaban J connectivity index is 1.46. The fraction of sp³-hybridized carbons (Fsp3) is 0.316. The number of rotatable bonds is 6. The fourth-order valence-corrected chi connectivity index (χ4v) is 2.67. The number of unbranched alkanes of at least 4 members (excludes halogenated alkanes) is 1. The molecule has 0 atom stereocenters. The summed E-state index contributed by atoms with van der Waals surface area (Å²) in [6.07, 6.45) is 3.27. The van der Waals surface area contributed by atoms with Gasteiger partial charge in [-0.15, -0.1) is 0 Å². The molecule has 0 unspecified atom stereocenters. The minimum absolute atomic E-state index is 0.773. The molecule has 2 aromatic carbocycles. The molecule has 0 saturated heterocycles. The highest BCUT2D eigenvalue weighted by molar-refractivity contribution is 5.75.